The molecule has 0 bridgehead atoms. The van der Waals surface area contributed by atoms with Gasteiger partial charge in [0.2, 0.25) is 0 Å². The maximum Gasteiger partial charge on any atom is 0.269 e. The van der Waals surface area contributed by atoms with E-state index in [1.54, 1.807) is 4.68 Å². The summed E-state index contributed by atoms with van der Waals surface area (Å²) in [6.45, 7) is 0.647. The van der Waals surface area contributed by atoms with Crippen molar-refractivity contribution < 1.29 is 0 Å². The topological polar surface area (TPSA) is 63.8 Å². The van der Waals surface area contributed by atoms with Gasteiger partial charge in [-0.1, -0.05) is 12.8 Å². The van der Waals surface area contributed by atoms with Gasteiger partial charge in [-0.3, -0.25) is 4.79 Å². The number of rotatable bonds is 4. The van der Waals surface area contributed by atoms with Crippen LogP contribution in [0.15, 0.2) is 11.0 Å². The third-order valence-corrected chi connectivity index (χ3v) is 3.21. The first-order valence-electron chi connectivity index (χ1n) is 5.82. The SMILES string of the molecule is NCCCc1c[nH]n(C2CCCC2)c1=O. The second kappa shape index (κ2) is 4.66. The number of nitrogens with one attached hydrogen (secondary N) is 1. The highest BCUT2D eigenvalue weighted by Gasteiger charge is 2.19. The largest absolute Gasteiger partial charge is 0.330 e. The van der Waals surface area contributed by atoms with Crippen LogP contribution in [0.1, 0.15) is 43.7 Å². The van der Waals surface area contributed by atoms with E-state index in [0.717, 1.165) is 31.2 Å². The van der Waals surface area contributed by atoms with Gasteiger partial charge in [0.15, 0.2) is 0 Å². The molecule has 1 heterocycles. The molecule has 4 nitrogen and oxygen atoms in total. The average Bonchev–Trinajstić information content (AvgIpc) is 2.84. The van der Waals surface area contributed by atoms with E-state index in [2.05, 4.69) is 5.10 Å². The highest BCUT2D eigenvalue weighted by molar-refractivity contribution is 5.05. The van der Waals surface area contributed by atoms with E-state index in [0.29, 0.717) is 12.6 Å². The molecular formula is C11H19N3O. The summed E-state index contributed by atoms with van der Waals surface area (Å²) in [7, 11) is 0. The Bertz CT molecular complexity index is 360. The van der Waals surface area contributed by atoms with Gasteiger partial charge in [-0.2, -0.15) is 0 Å². The Kier molecular flexibility index (Phi) is 3.26. The summed E-state index contributed by atoms with van der Waals surface area (Å²) < 4.78 is 1.80. The van der Waals surface area contributed by atoms with E-state index < -0.39 is 0 Å². The smallest absolute Gasteiger partial charge is 0.269 e. The lowest BCUT2D eigenvalue weighted by molar-refractivity contribution is 0.454. The quantitative estimate of drug-likeness (QED) is 0.782. The molecule has 0 amide bonds. The first-order valence-corrected chi connectivity index (χ1v) is 5.82. The Hall–Kier alpha value is -1.03. The van der Waals surface area contributed by atoms with Crippen molar-refractivity contribution >= 4 is 0 Å². The highest BCUT2D eigenvalue weighted by Crippen LogP contribution is 2.27. The number of H-pyrrole nitrogens is 1. The van der Waals surface area contributed by atoms with Gasteiger partial charge in [0.05, 0.1) is 6.04 Å². The molecule has 4 heteroatoms. The van der Waals surface area contributed by atoms with Crippen molar-refractivity contribution in [3.05, 3.63) is 22.1 Å². The molecule has 1 saturated carbocycles. The van der Waals surface area contributed by atoms with Crippen LogP contribution in [-0.4, -0.2) is 16.3 Å². The molecule has 0 unspecified atom stereocenters. The maximum atomic E-state index is 12.0. The van der Waals surface area contributed by atoms with Crippen LogP contribution in [0.4, 0.5) is 0 Å². The molecule has 0 aliphatic heterocycles. The van der Waals surface area contributed by atoms with Gasteiger partial charge in [-0.25, -0.2) is 4.68 Å². The maximum absolute atomic E-state index is 12.0. The molecule has 1 aromatic rings. The van der Waals surface area contributed by atoms with Crippen LogP contribution in [0.25, 0.3) is 0 Å². The van der Waals surface area contributed by atoms with Gasteiger partial charge < -0.3 is 10.8 Å². The second-order valence-electron chi connectivity index (χ2n) is 4.30. The van der Waals surface area contributed by atoms with E-state index in [9.17, 15) is 4.79 Å². The molecule has 0 saturated heterocycles. The first-order chi connectivity index (χ1) is 7.33. The average molecular weight is 209 g/mol. The summed E-state index contributed by atoms with van der Waals surface area (Å²) in [5, 5.41) is 3.09. The van der Waals surface area contributed by atoms with Gasteiger partial charge in [0.25, 0.3) is 5.56 Å². The van der Waals surface area contributed by atoms with E-state index in [-0.39, 0.29) is 5.56 Å². The number of aryl methyl sites for hydroxylation is 1. The normalized spacial score (nSPS) is 17.4. The lowest BCUT2D eigenvalue weighted by Crippen LogP contribution is -2.22. The fourth-order valence-corrected chi connectivity index (χ4v) is 2.33. The zero-order valence-corrected chi connectivity index (χ0v) is 9.04. The first kappa shape index (κ1) is 10.5. The molecule has 0 radical (unpaired) electrons. The fraction of sp³-hybridized carbons (Fsp3) is 0.727. The number of nitrogens with two attached hydrogens (primary N) is 1. The minimum Gasteiger partial charge on any atom is -0.330 e. The van der Waals surface area contributed by atoms with Crippen LogP contribution in [0.5, 0.6) is 0 Å². The van der Waals surface area contributed by atoms with Crippen molar-refractivity contribution in [2.24, 2.45) is 5.73 Å². The molecule has 2 rings (SSSR count). The van der Waals surface area contributed by atoms with Crippen molar-refractivity contribution in [1.82, 2.24) is 9.78 Å². The summed E-state index contributed by atoms with van der Waals surface area (Å²) in [5.41, 5.74) is 6.48. The predicted octanol–water partition coefficient (Wildman–Crippen LogP) is 1.18. The van der Waals surface area contributed by atoms with Crippen LogP contribution in [0.2, 0.25) is 0 Å². The van der Waals surface area contributed by atoms with Crippen molar-refractivity contribution in [3.8, 4) is 0 Å². The molecule has 0 atom stereocenters. The van der Waals surface area contributed by atoms with Crippen molar-refractivity contribution in [2.45, 2.75) is 44.6 Å². The Balaban J connectivity index is 2.12. The number of aromatic amines is 1. The standard InChI is InChI=1S/C11H19N3O/c12-7-3-4-9-8-13-14(11(9)15)10-5-1-2-6-10/h8,10,13H,1-7,12H2. The second-order valence-corrected chi connectivity index (χ2v) is 4.30. The Morgan fingerprint density at radius 3 is 2.87 bits per heavy atom. The molecule has 1 aromatic heterocycles. The van der Waals surface area contributed by atoms with Crippen molar-refractivity contribution in [2.75, 3.05) is 6.54 Å². The molecule has 84 valence electrons. The van der Waals surface area contributed by atoms with E-state index in [4.69, 9.17) is 5.73 Å². The minimum atomic E-state index is 0.162. The summed E-state index contributed by atoms with van der Waals surface area (Å²) in [5.74, 6) is 0. The summed E-state index contributed by atoms with van der Waals surface area (Å²) in [6, 6.07) is 0.407. The van der Waals surface area contributed by atoms with Crippen LogP contribution < -0.4 is 11.3 Å². The van der Waals surface area contributed by atoms with E-state index in [1.807, 2.05) is 6.20 Å². The van der Waals surface area contributed by atoms with Gasteiger partial charge in [0, 0.05) is 11.8 Å². The molecule has 0 aromatic carbocycles. The van der Waals surface area contributed by atoms with Gasteiger partial charge in [-0.05, 0) is 32.2 Å². The van der Waals surface area contributed by atoms with Gasteiger partial charge in [-0.15, -0.1) is 0 Å². The Morgan fingerprint density at radius 1 is 1.47 bits per heavy atom. The zero-order chi connectivity index (χ0) is 10.7. The molecule has 15 heavy (non-hydrogen) atoms. The third-order valence-electron chi connectivity index (χ3n) is 3.21. The fourth-order valence-electron chi connectivity index (χ4n) is 2.33. The molecule has 0 spiro atoms. The number of hydrogen-bond acceptors (Lipinski definition) is 2. The predicted molar refractivity (Wildman–Crippen MR) is 59.9 cm³/mol. The van der Waals surface area contributed by atoms with Crippen LogP contribution in [0.3, 0.4) is 0 Å². The Morgan fingerprint density at radius 2 is 2.20 bits per heavy atom. The number of nitrogens with zero attached hydrogens (tertiary/aromatic N) is 1. The third kappa shape index (κ3) is 2.15. The lowest BCUT2D eigenvalue weighted by atomic mass is 10.2. The van der Waals surface area contributed by atoms with Crippen molar-refractivity contribution in [3.63, 3.8) is 0 Å². The summed E-state index contributed by atoms with van der Waals surface area (Å²) in [6.07, 6.45) is 8.29. The molecule has 3 N–H and O–H groups in total. The highest BCUT2D eigenvalue weighted by atomic mass is 16.1. The van der Waals surface area contributed by atoms with E-state index >= 15 is 0 Å². The Labute approximate surface area is 89.5 Å². The lowest BCUT2D eigenvalue weighted by Gasteiger charge is -2.08. The van der Waals surface area contributed by atoms with Crippen molar-refractivity contribution in [1.29, 1.82) is 0 Å². The number of aromatic nitrogens is 2. The van der Waals surface area contributed by atoms with Crippen LogP contribution >= 0.6 is 0 Å². The molecule has 1 fully saturated rings. The molecular weight excluding hydrogens is 190 g/mol. The summed E-state index contributed by atoms with van der Waals surface area (Å²) >= 11 is 0. The van der Waals surface area contributed by atoms with Gasteiger partial charge >= 0.3 is 0 Å². The monoisotopic (exact) mass is 209 g/mol. The molecule has 1 aliphatic carbocycles. The number of hydrogen-bond donors (Lipinski definition) is 2. The minimum absolute atomic E-state index is 0.162. The van der Waals surface area contributed by atoms with Crippen LogP contribution in [-0.2, 0) is 6.42 Å². The summed E-state index contributed by atoms with van der Waals surface area (Å²) in [4.78, 5) is 12.0. The van der Waals surface area contributed by atoms with E-state index in [1.165, 1.54) is 12.8 Å². The van der Waals surface area contributed by atoms with Crippen LogP contribution in [0, 0.1) is 0 Å². The molecule has 1 aliphatic rings. The zero-order valence-electron chi connectivity index (χ0n) is 9.04. The van der Waals surface area contributed by atoms with Gasteiger partial charge in [0.1, 0.15) is 0 Å².